The lowest BCUT2D eigenvalue weighted by Crippen LogP contribution is -2.38. The molecular weight excluding hydrogens is 402 g/mol. The summed E-state index contributed by atoms with van der Waals surface area (Å²) in [7, 11) is 0. The molecule has 0 radical (unpaired) electrons. The van der Waals surface area contributed by atoms with E-state index in [9.17, 15) is 4.79 Å². The Labute approximate surface area is 189 Å². The molecule has 3 heterocycles. The number of morpholine rings is 1. The molecule has 1 aliphatic heterocycles. The van der Waals surface area contributed by atoms with Gasteiger partial charge in [-0.1, -0.05) is 39.0 Å². The third-order valence-corrected chi connectivity index (χ3v) is 5.74. The summed E-state index contributed by atoms with van der Waals surface area (Å²) in [6.07, 6.45) is 1.73. The summed E-state index contributed by atoms with van der Waals surface area (Å²) >= 11 is 0. The third-order valence-electron chi connectivity index (χ3n) is 5.74. The fourth-order valence-corrected chi connectivity index (χ4v) is 4.23. The minimum absolute atomic E-state index is 0.0100. The molecule has 1 aliphatic rings. The van der Waals surface area contributed by atoms with Crippen molar-refractivity contribution in [3.05, 3.63) is 59.0 Å². The summed E-state index contributed by atoms with van der Waals surface area (Å²) in [5.41, 5.74) is 4.63. The number of hydrogen-bond acceptors (Lipinski definition) is 5. The van der Waals surface area contributed by atoms with Gasteiger partial charge in [-0.2, -0.15) is 5.10 Å². The van der Waals surface area contributed by atoms with Gasteiger partial charge in [0.1, 0.15) is 6.10 Å². The Hall–Kier alpha value is -2.77. The number of rotatable bonds is 5. The van der Waals surface area contributed by atoms with Crippen LogP contribution in [0.5, 0.6) is 0 Å². The Morgan fingerprint density at radius 3 is 2.84 bits per heavy atom. The van der Waals surface area contributed by atoms with Crippen molar-refractivity contribution in [2.24, 2.45) is 0 Å². The van der Waals surface area contributed by atoms with Crippen LogP contribution in [0, 0.1) is 0 Å². The summed E-state index contributed by atoms with van der Waals surface area (Å²) < 4.78 is 6.12. The fraction of sp³-hybridized carbons (Fsp3) is 0.480. The van der Waals surface area contributed by atoms with E-state index >= 15 is 0 Å². The van der Waals surface area contributed by atoms with Crippen LogP contribution in [0.3, 0.4) is 0 Å². The van der Waals surface area contributed by atoms with Crippen molar-refractivity contribution in [1.29, 1.82) is 0 Å². The number of hydrogen-bond donors (Lipinski definition) is 2. The van der Waals surface area contributed by atoms with Crippen molar-refractivity contribution >= 4 is 16.8 Å². The highest BCUT2D eigenvalue weighted by atomic mass is 16.5. The first-order chi connectivity index (χ1) is 15.2. The van der Waals surface area contributed by atoms with Crippen molar-refractivity contribution in [2.75, 3.05) is 19.7 Å². The first-order valence-electron chi connectivity index (χ1n) is 11.3. The van der Waals surface area contributed by atoms with Crippen molar-refractivity contribution in [3.63, 3.8) is 0 Å². The third kappa shape index (κ3) is 4.84. The molecule has 32 heavy (non-hydrogen) atoms. The topological polar surface area (TPSA) is 83.1 Å². The van der Waals surface area contributed by atoms with Crippen LogP contribution in [0.25, 0.3) is 10.9 Å². The van der Waals surface area contributed by atoms with Crippen LogP contribution in [0.2, 0.25) is 0 Å². The van der Waals surface area contributed by atoms with E-state index in [1.165, 1.54) is 5.56 Å². The summed E-state index contributed by atoms with van der Waals surface area (Å²) in [6, 6.07) is 9.74. The SMILES string of the molecule is CC(C)NC(=O)c1cc([C@H]2CN(Cc3cn[nH]c3C(C)(C)C)CCO2)nc2ccccc12. The molecule has 1 amide bonds. The molecule has 170 valence electrons. The van der Waals surface area contributed by atoms with Crippen LogP contribution in [0.1, 0.15) is 68.0 Å². The second kappa shape index (κ2) is 9.00. The van der Waals surface area contributed by atoms with Gasteiger partial charge in [-0.25, -0.2) is 4.98 Å². The lowest BCUT2D eigenvalue weighted by molar-refractivity contribution is -0.0349. The lowest BCUT2D eigenvalue weighted by atomic mass is 9.89. The van der Waals surface area contributed by atoms with Crippen molar-refractivity contribution in [2.45, 2.75) is 58.7 Å². The normalized spacial score (nSPS) is 17.8. The Morgan fingerprint density at radius 1 is 1.31 bits per heavy atom. The molecule has 0 bridgehead atoms. The van der Waals surface area contributed by atoms with Gasteiger partial charge in [0, 0.05) is 47.7 Å². The zero-order valence-electron chi connectivity index (χ0n) is 19.6. The molecule has 1 atom stereocenters. The average molecular weight is 436 g/mol. The molecule has 7 nitrogen and oxygen atoms in total. The summed E-state index contributed by atoms with van der Waals surface area (Å²) in [5.74, 6) is -0.0827. The van der Waals surface area contributed by atoms with Gasteiger partial charge in [0.2, 0.25) is 0 Å². The van der Waals surface area contributed by atoms with Gasteiger partial charge in [0.15, 0.2) is 0 Å². The number of carbonyl (C=O) groups excluding carboxylic acids is 1. The van der Waals surface area contributed by atoms with E-state index in [-0.39, 0.29) is 23.5 Å². The van der Waals surface area contributed by atoms with E-state index in [1.807, 2.05) is 50.4 Å². The number of aromatic amines is 1. The molecule has 2 aromatic heterocycles. The van der Waals surface area contributed by atoms with Gasteiger partial charge < -0.3 is 10.1 Å². The highest BCUT2D eigenvalue weighted by Crippen LogP contribution is 2.29. The Bertz CT molecular complexity index is 1100. The molecule has 1 saturated heterocycles. The van der Waals surface area contributed by atoms with E-state index < -0.39 is 0 Å². The number of benzene rings is 1. The first-order valence-corrected chi connectivity index (χ1v) is 11.3. The second-order valence-corrected chi connectivity index (χ2v) is 9.85. The van der Waals surface area contributed by atoms with Gasteiger partial charge in [-0.15, -0.1) is 0 Å². The van der Waals surface area contributed by atoms with E-state index in [0.717, 1.165) is 35.4 Å². The van der Waals surface area contributed by atoms with Crippen molar-refractivity contribution in [3.8, 4) is 0 Å². The quantitative estimate of drug-likeness (QED) is 0.634. The monoisotopic (exact) mass is 435 g/mol. The molecule has 2 N–H and O–H groups in total. The van der Waals surface area contributed by atoms with Gasteiger partial charge in [0.05, 0.1) is 29.6 Å². The molecule has 0 spiro atoms. The molecule has 7 heteroatoms. The number of carbonyl (C=O) groups is 1. The van der Waals surface area contributed by atoms with E-state index in [2.05, 4.69) is 41.2 Å². The molecular formula is C25H33N5O2. The summed E-state index contributed by atoms with van der Waals surface area (Å²) in [5, 5.41) is 11.3. The second-order valence-electron chi connectivity index (χ2n) is 9.85. The lowest BCUT2D eigenvalue weighted by Gasteiger charge is -2.33. The number of ether oxygens (including phenoxy) is 1. The first kappa shape index (κ1) is 22.4. The minimum Gasteiger partial charge on any atom is -0.369 e. The Morgan fingerprint density at radius 2 is 2.09 bits per heavy atom. The van der Waals surface area contributed by atoms with Crippen LogP contribution in [0.4, 0.5) is 0 Å². The zero-order valence-corrected chi connectivity index (χ0v) is 19.6. The molecule has 0 aliphatic carbocycles. The number of amides is 1. The number of aromatic nitrogens is 3. The van der Waals surface area contributed by atoms with Crippen LogP contribution in [0.15, 0.2) is 36.5 Å². The number of pyridine rings is 1. The maximum absolute atomic E-state index is 12.9. The molecule has 1 aromatic carbocycles. The molecule has 1 fully saturated rings. The number of nitrogens with one attached hydrogen (secondary N) is 2. The average Bonchev–Trinajstić information content (AvgIpc) is 3.21. The molecule has 0 saturated carbocycles. The van der Waals surface area contributed by atoms with Crippen molar-refractivity contribution < 1.29 is 9.53 Å². The number of para-hydroxylation sites is 1. The summed E-state index contributed by atoms with van der Waals surface area (Å²) in [4.78, 5) is 20.1. The fourth-order valence-electron chi connectivity index (χ4n) is 4.23. The van der Waals surface area contributed by atoms with Gasteiger partial charge in [0.25, 0.3) is 5.91 Å². The van der Waals surface area contributed by atoms with Gasteiger partial charge in [-0.3, -0.25) is 14.8 Å². The van der Waals surface area contributed by atoms with Gasteiger partial charge in [-0.05, 0) is 26.0 Å². The highest BCUT2D eigenvalue weighted by Gasteiger charge is 2.27. The van der Waals surface area contributed by atoms with Crippen LogP contribution in [-0.2, 0) is 16.7 Å². The Kier molecular flexibility index (Phi) is 6.31. The zero-order chi connectivity index (χ0) is 22.9. The number of nitrogens with zero attached hydrogens (tertiary/aromatic N) is 3. The smallest absolute Gasteiger partial charge is 0.252 e. The number of H-pyrrole nitrogens is 1. The van der Waals surface area contributed by atoms with Crippen LogP contribution in [-0.4, -0.2) is 51.7 Å². The maximum atomic E-state index is 12.9. The predicted octanol–water partition coefficient (Wildman–Crippen LogP) is 3.97. The van der Waals surface area contributed by atoms with Crippen LogP contribution < -0.4 is 5.32 Å². The molecule has 3 aromatic rings. The van der Waals surface area contributed by atoms with E-state index in [4.69, 9.17) is 9.72 Å². The molecule has 4 rings (SSSR count). The van der Waals surface area contributed by atoms with E-state index in [0.29, 0.717) is 18.7 Å². The Balaban J connectivity index is 1.60. The minimum atomic E-state index is -0.191. The van der Waals surface area contributed by atoms with Gasteiger partial charge >= 0.3 is 0 Å². The predicted molar refractivity (Wildman–Crippen MR) is 126 cm³/mol. The standard InChI is InChI=1S/C25H33N5O2/c1-16(2)27-24(31)19-12-21(28-20-9-7-6-8-18(19)20)22-15-30(10-11-32-22)14-17-13-26-29-23(17)25(3,4)5/h6-9,12-13,16,22H,10-11,14-15H2,1-5H3,(H,26,29)(H,27,31)/t22-/m1/s1. The van der Waals surface area contributed by atoms with Crippen molar-refractivity contribution in [1.82, 2.24) is 25.4 Å². The highest BCUT2D eigenvalue weighted by molar-refractivity contribution is 6.06. The summed E-state index contributed by atoms with van der Waals surface area (Å²) in [6.45, 7) is 13.5. The largest absolute Gasteiger partial charge is 0.369 e. The number of fused-ring (bicyclic) bond motifs is 1. The molecule has 0 unspecified atom stereocenters. The maximum Gasteiger partial charge on any atom is 0.252 e. The van der Waals surface area contributed by atoms with Crippen LogP contribution >= 0.6 is 0 Å². The van der Waals surface area contributed by atoms with E-state index in [1.54, 1.807) is 0 Å².